The number of nitriles is 1. The molecule has 1 atom stereocenters. The van der Waals surface area contributed by atoms with E-state index in [2.05, 4.69) is 40.1 Å². The van der Waals surface area contributed by atoms with Crippen LogP contribution in [0.4, 0.5) is 5.69 Å². The minimum atomic E-state index is 0.300. The Labute approximate surface area is 134 Å². The van der Waals surface area contributed by atoms with Gasteiger partial charge in [-0.15, -0.1) is 0 Å². The fraction of sp³-hybridized carbons (Fsp3) is 0.611. The van der Waals surface area contributed by atoms with Crippen LogP contribution in [0.25, 0.3) is 0 Å². The van der Waals surface area contributed by atoms with Crippen molar-refractivity contribution in [1.29, 1.82) is 5.26 Å². The van der Waals surface area contributed by atoms with Crippen LogP contribution in [0.15, 0.2) is 24.3 Å². The van der Waals surface area contributed by atoms with Crippen LogP contribution in [0, 0.1) is 11.3 Å². The molecule has 1 aromatic carbocycles. The zero-order valence-electron chi connectivity index (χ0n) is 13.5. The smallest absolute Gasteiger partial charge is 0.0640 e. The first-order valence-corrected chi connectivity index (χ1v) is 8.26. The fourth-order valence-electron chi connectivity index (χ4n) is 3.19. The van der Waals surface area contributed by atoms with Crippen molar-refractivity contribution in [3.8, 4) is 6.07 Å². The minimum Gasteiger partial charge on any atom is -0.396 e. The molecule has 1 fully saturated rings. The summed E-state index contributed by atoms with van der Waals surface area (Å²) in [5.74, 6) is 0. The molecule has 0 amide bonds. The summed E-state index contributed by atoms with van der Waals surface area (Å²) in [5, 5.41) is 17.7. The maximum atomic E-state index is 9.00. The van der Waals surface area contributed by atoms with E-state index in [1.165, 1.54) is 24.9 Å². The average Bonchev–Trinajstić information content (AvgIpc) is 2.98. The topological polar surface area (TPSA) is 50.5 Å². The molecule has 0 bridgehead atoms. The predicted octanol–water partition coefficient (Wildman–Crippen LogP) is 2.77. The van der Waals surface area contributed by atoms with Crippen molar-refractivity contribution in [3.63, 3.8) is 0 Å². The lowest BCUT2D eigenvalue weighted by Gasteiger charge is -2.25. The molecular weight excluding hydrogens is 274 g/mol. The van der Waals surface area contributed by atoms with Gasteiger partial charge in [0.15, 0.2) is 0 Å². The summed E-state index contributed by atoms with van der Waals surface area (Å²) in [4.78, 5) is 4.66. The third kappa shape index (κ3) is 4.72. The zero-order valence-corrected chi connectivity index (χ0v) is 13.5. The number of aliphatic hydroxyl groups excluding tert-OH is 1. The number of aliphatic hydroxyl groups is 1. The van der Waals surface area contributed by atoms with E-state index in [9.17, 15) is 0 Å². The lowest BCUT2D eigenvalue weighted by molar-refractivity contribution is 0.210. The first kappa shape index (κ1) is 16.8. The Morgan fingerprint density at radius 1 is 1.36 bits per heavy atom. The summed E-state index contributed by atoms with van der Waals surface area (Å²) in [6, 6.07) is 11.5. The lowest BCUT2D eigenvalue weighted by Crippen LogP contribution is -2.29. The number of nitrogens with zero attached hydrogens (tertiary/aromatic N) is 3. The maximum Gasteiger partial charge on any atom is 0.0640 e. The van der Waals surface area contributed by atoms with Gasteiger partial charge in [-0.1, -0.05) is 12.1 Å². The highest BCUT2D eigenvalue weighted by molar-refractivity contribution is 5.46. The molecule has 0 aromatic heterocycles. The molecule has 0 radical (unpaired) electrons. The van der Waals surface area contributed by atoms with E-state index in [0.29, 0.717) is 19.1 Å². The monoisotopic (exact) mass is 301 g/mol. The SMILES string of the molecule is CN(CCC#N)c1ccc(CN2CCCC2CCCO)cc1. The third-order valence-electron chi connectivity index (χ3n) is 4.52. The molecule has 1 aliphatic rings. The molecule has 0 spiro atoms. The number of hydrogen-bond donors (Lipinski definition) is 1. The van der Waals surface area contributed by atoms with Gasteiger partial charge in [0.05, 0.1) is 12.5 Å². The van der Waals surface area contributed by atoms with Crippen molar-refractivity contribution >= 4 is 5.69 Å². The highest BCUT2D eigenvalue weighted by Gasteiger charge is 2.23. The van der Waals surface area contributed by atoms with Crippen molar-refractivity contribution in [3.05, 3.63) is 29.8 Å². The van der Waals surface area contributed by atoms with Crippen molar-refractivity contribution in [2.45, 2.75) is 44.7 Å². The molecule has 1 aromatic rings. The molecule has 1 saturated heterocycles. The molecule has 4 heteroatoms. The van der Waals surface area contributed by atoms with E-state index < -0.39 is 0 Å². The molecule has 1 unspecified atom stereocenters. The quantitative estimate of drug-likeness (QED) is 0.802. The number of rotatable bonds is 8. The van der Waals surface area contributed by atoms with Gasteiger partial charge in [0.1, 0.15) is 0 Å². The Kier molecular flexibility index (Phi) is 6.70. The molecule has 4 nitrogen and oxygen atoms in total. The van der Waals surface area contributed by atoms with Crippen LogP contribution in [0.3, 0.4) is 0 Å². The van der Waals surface area contributed by atoms with Gasteiger partial charge in [0.25, 0.3) is 0 Å². The van der Waals surface area contributed by atoms with E-state index in [-0.39, 0.29) is 0 Å². The van der Waals surface area contributed by atoms with Crippen LogP contribution in [0.2, 0.25) is 0 Å². The molecule has 1 heterocycles. The molecule has 1 aliphatic heterocycles. The Hall–Kier alpha value is -1.57. The van der Waals surface area contributed by atoms with Gasteiger partial charge < -0.3 is 10.0 Å². The van der Waals surface area contributed by atoms with Crippen molar-refractivity contribution in [1.82, 2.24) is 4.90 Å². The standard InChI is InChI=1S/C18H27N3O/c1-20(12-4-11-19)17-9-7-16(8-10-17)15-21-13-2-5-18(21)6-3-14-22/h7-10,18,22H,2-6,12-15H2,1H3. The molecule has 22 heavy (non-hydrogen) atoms. The summed E-state index contributed by atoms with van der Waals surface area (Å²) < 4.78 is 0. The molecule has 2 rings (SSSR count). The van der Waals surface area contributed by atoms with Gasteiger partial charge in [-0.25, -0.2) is 0 Å². The normalized spacial score (nSPS) is 18.3. The second kappa shape index (κ2) is 8.77. The van der Waals surface area contributed by atoms with Crippen molar-refractivity contribution in [2.24, 2.45) is 0 Å². The van der Waals surface area contributed by atoms with Crippen LogP contribution >= 0.6 is 0 Å². The zero-order chi connectivity index (χ0) is 15.8. The largest absolute Gasteiger partial charge is 0.396 e. The molecular formula is C18H27N3O. The predicted molar refractivity (Wildman–Crippen MR) is 89.7 cm³/mol. The summed E-state index contributed by atoms with van der Waals surface area (Å²) in [5.41, 5.74) is 2.51. The number of hydrogen-bond acceptors (Lipinski definition) is 4. The Morgan fingerprint density at radius 3 is 2.82 bits per heavy atom. The van der Waals surface area contributed by atoms with Gasteiger partial charge in [-0.2, -0.15) is 5.26 Å². The lowest BCUT2D eigenvalue weighted by atomic mass is 10.1. The highest BCUT2D eigenvalue weighted by atomic mass is 16.2. The van der Waals surface area contributed by atoms with Crippen molar-refractivity contribution in [2.75, 3.05) is 31.6 Å². The molecule has 1 N–H and O–H groups in total. The van der Waals surface area contributed by atoms with Crippen LogP contribution < -0.4 is 4.90 Å². The summed E-state index contributed by atoms with van der Waals surface area (Å²) in [6.07, 6.45) is 5.09. The first-order valence-electron chi connectivity index (χ1n) is 8.26. The van der Waals surface area contributed by atoms with Crippen LogP contribution in [0.1, 0.15) is 37.7 Å². The van der Waals surface area contributed by atoms with Crippen molar-refractivity contribution < 1.29 is 5.11 Å². The van der Waals surface area contributed by atoms with Crippen LogP contribution in [-0.4, -0.2) is 42.8 Å². The first-order chi connectivity index (χ1) is 10.7. The van der Waals surface area contributed by atoms with Gasteiger partial charge in [0, 0.05) is 38.5 Å². The third-order valence-corrected chi connectivity index (χ3v) is 4.52. The Morgan fingerprint density at radius 2 is 2.14 bits per heavy atom. The Balaban J connectivity index is 1.89. The second-order valence-electron chi connectivity index (χ2n) is 6.13. The minimum absolute atomic E-state index is 0.300. The van der Waals surface area contributed by atoms with Gasteiger partial charge >= 0.3 is 0 Å². The summed E-state index contributed by atoms with van der Waals surface area (Å²) in [6.45, 7) is 3.23. The van der Waals surface area contributed by atoms with Gasteiger partial charge in [-0.05, 0) is 49.9 Å². The van der Waals surface area contributed by atoms with E-state index in [1.54, 1.807) is 0 Å². The summed E-state index contributed by atoms with van der Waals surface area (Å²) >= 11 is 0. The highest BCUT2D eigenvalue weighted by Crippen LogP contribution is 2.24. The van der Waals surface area contributed by atoms with E-state index >= 15 is 0 Å². The average molecular weight is 301 g/mol. The summed E-state index contributed by atoms with van der Waals surface area (Å²) in [7, 11) is 2.03. The number of likely N-dealkylation sites (tertiary alicyclic amines) is 1. The molecule has 0 saturated carbocycles. The second-order valence-corrected chi connectivity index (χ2v) is 6.13. The fourth-order valence-corrected chi connectivity index (χ4v) is 3.19. The molecule has 0 aliphatic carbocycles. The van der Waals surface area contributed by atoms with E-state index in [0.717, 1.165) is 31.6 Å². The van der Waals surface area contributed by atoms with Crippen LogP contribution in [0.5, 0.6) is 0 Å². The van der Waals surface area contributed by atoms with Gasteiger partial charge in [-0.3, -0.25) is 4.90 Å². The Bertz CT molecular complexity index is 480. The van der Waals surface area contributed by atoms with E-state index in [4.69, 9.17) is 10.4 Å². The van der Waals surface area contributed by atoms with Gasteiger partial charge in [0.2, 0.25) is 0 Å². The van der Waals surface area contributed by atoms with Crippen LogP contribution in [-0.2, 0) is 6.54 Å². The molecule has 120 valence electrons. The number of benzene rings is 1. The van der Waals surface area contributed by atoms with E-state index in [1.807, 2.05) is 7.05 Å². The maximum absolute atomic E-state index is 9.00. The number of anilines is 1.